The van der Waals surface area contributed by atoms with Crippen LogP contribution < -0.4 is 11.1 Å². The molecule has 2 aromatic rings. The van der Waals surface area contributed by atoms with Crippen LogP contribution in [-0.4, -0.2) is 28.0 Å². The highest BCUT2D eigenvalue weighted by Gasteiger charge is 2.15. The average molecular weight is 373 g/mol. The summed E-state index contributed by atoms with van der Waals surface area (Å²) in [6.07, 6.45) is 4.18. The Labute approximate surface area is 155 Å². The van der Waals surface area contributed by atoms with E-state index in [1.807, 2.05) is 29.0 Å². The van der Waals surface area contributed by atoms with E-state index in [9.17, 15) is 4.79 Å². The van der Waals surface area contributed by atoms with Gasteiger partial charge in [0.25, 0.3) is 0 Å². The van der Waals surface area contributed by atoms with Crippen molar-refractivity contribution in [1.29, 1.82) is 0 Å². The number of carbonyl (C=O) groups is 1. The molecule has 0 bridgehead atoms. The van der Waals surface area contributed by atoms with Crippen LogP contribution in [0, 0.1) is 5.92 Å². The summed E-state index contributed by atoms with van der Waals surface area (Å²) >= 11 is 0. The molecule has 0 fully saturated rings. The number of carbonyl (C=O) groups excluding carboxylic acids is 1. The van der Waals surface area contributed by atoms with Crippen LogP contribution in [0.4, 0.5) is 0 Å². The van der Waals surface area contributed by atoms with Crippen molar-refractivity contribution < 1.29 is 4.79 Å². The molecule has 134 valence electrons. The first-order valence-corrected chi connectivity index (χ1v) is 7.62. The zero-order chi connectivity index (χ0) is 15.9. The van der Waals surface area contributed by atoms with Crippen LogP contribution in [0.1, 0.15) is 25.1 Å². The van der Waals surface area contributed by atoms with Gasteiger partial charge in [0.2, 0.25) is 5.91 Å². The first kappa shape index (κ1) is 22.4. The summed E-state index contributed by atoms with van der Waals surface area (Å²) in [5, 5.41) is 2.85. The highest BCUT2D eigenvalue weighted by molar-refractivity contribution is 5.85. The van der Waals surface area contributed by atoms with Crippen molar-refractivity contribution >= 4 is 30.7 Å². The number of hydrogen-bond acceptors (Lipinski definition) is 3. The molecule has 5 nitrogen and oxygen atoms in total. The van der Waals surface area contributed by atoms with Gasteiger partial charge in [0, 0.05) is 25.7 Å². The molecule has 2 rings (SSSR count). The molecule has 0 spiro atoms. The third-order valence-electron chi connectivity index (χ3n) is 3.35. The maximum absolute atomic E-state index is 11.9. The van der Waals surface area contributed by atoms with Gasteiger partial charge in [-0.1, -0.05) is 44.2 Å². The van der Waals surface area contributed by atoms with E-state index in [-0.39, 0.29) is 30.7 Å². The molecule has 1 aromatic carbocycles. The fourth-order valence-electron chi connectivity index (χ4n) is 2.15. The fourth-order valence-corrected chi connectivity index (χ4v) is 2.15. The monoisotopic (exact) mass is 372 g/mol. The van der Waals surface area contributed by atoms with Crippen molar-refractivity contribution in [2.45, 2.75) is 32.9 Å². The SMILES string of the molecule is CC(C)CNC(=O)[C@@H](N)Cc1cn(Cc2ccccc2)cn1.Cl.Cl. The Bertz CT molecular complexity index is 602. The van der Waals surface area contributed by atoms with E-state index in [0.717, 1.165) is 12.2 Å². The highest BCUT2D eigenvalue weighted by atomic mass is 35.5. The topological polar surface area (TPSA) is 72.9 Å². The van der Waals surface area contributed by atoms with Crippen LogP contribution in [0.5, 0.6) is 0 Å². The molecule has 1 aromatic heterocycles. The van der Waals surface area contributed by atoms with Crippen LogP contribution in [-0.2, 0) is 17.8 Å². The van der Waals surface area contributed by atoms with Crippen LogP contribution in [0.25, 0.3) is 0 Å². The summed E-state index contributed by atoms with van der Waals surface area (Å²) in [5.74, 6) is 0.299. The van der Waals surface area contributed by atoms with Gasteiger partial charge in [-0.25, -0.2) is 4.98 Å². The van der Waals surface area contributed by atoms with E-state index in [1.165, 1.54) is 5.56 Å². The van der Waals surface area contributed by atoms with Crippen molar-refractivity contribution in [3.63, 3.8) is 0 Å². The lowest BCUT2D eigenvalue weighted by Gasteiger charge is -2.12. The van der Waals surface area contributed by atoms with Gasteiger partial charge in [-0.2, -0.15) is 0 Å². The molecule has 1 amide bonds. The maximum Gasteiger partial charge on any atom is 0.237 e. The van der Waals surface area contributed by atoms with E-state index in [0.29, 0.717) is 18.9 Å². The van der Waals surface area contributed by atoms with Crippen LogP contribution in [0.3, 0.4) is 0 Å². The Morgan fingerprint density at radius 2 is 1.92 bits per heavy atom. The molecule has 0 radical (unpaired) electrons. The number of nitrogens with zero attached hydrogens (tertiary/aromatic N) is 2. The summed E-state index contributed by atoms with van der Waals surface area (Å²) in [7, 11) is 0. The molecular formula is C17H26Cl2N4O. The van der Waals surface area contributed by atoms with Gasteiger partial charge >= 0.3 is 0 Å². The molecular weight excluding hydrogens is 347 g/mol. The molecule has 3 N–H and O–H groups in total. The third-order valence-corrected chi connectivity index (χ3v) is 3.35. The van der Waals surface area contributed by atoms with Crippen molar-refractivity contribution in [2.75, 3.05) is 6.54 Å². The van der Waals surface area contributed by atoms with Crippen LogP contribution in [0.2, 0.25) is 0 Å². The molecule has 0 unspecified atom stereocenters. The van der Waals surface area contributed by atoms with E-state index in [4.69, 9.17) is 5.73 Å². The number of benzene rings is 1. The molecule has 0 aliphatic rings. The summed E-state index contributed by atoms with van der Waals surface area (Å²) in [6, 6.07) is 9.62. The van der Waals surface area contributed by atoms with Gasteiger partial charge in [-0.3, -0.25) is 4.79 Å². The normalized spacial score (nSPS) is 11.3. The number of nitrogens with two attached hydrogens (primary N) is 1. The van der Waals surface area contributed by atoms with Crippen molar-refractivity contribution in [1.82, 2.24) is 14.9 Å². The van der Waals surface area contributed by atoms with Gasteiger partial charge in [0.15, 0.2) is 0 Å². The Hall–Kier alpha value is -1.56. The molecule has 24 heavy (non-hydrogen) atoms. The van der Waals surface area contributed by atoms with E-state index in [2.05, 4.69) is 36.3 Å². The lowest BCUT2D eigenvalue weighted by molar-refractivity contribution is -0.122. The number of amides is 1. The van der Waals surface area contributed by atoms with Crippen molar-refractivity contribution in [3.8, 4) is 0 Å². The minimum Gasteiger partial charge on any atom is -0.354 e. The number of imidazole rings is 1. The van der Waals surface area contributed by atoms with Gasteiger partial charge < -0.3 is 15.6 Å². The quantitative estimate of drug-likeness (QED) is 0.783. The predicted molar refractivity (Wildman–Crippen MR) is 102 cm³/mol. The number of rotatable bonds is 7. The molecule has 1 heterocycles. The summed E-state index contributed by atoms with van der Waals surface area (Å²) in [6.45, 7) is 5.52. The smallest absolute Gasteiger partial charge is 0.237 e. The number of hydrogen-bond donors (Lipinski definition) is 2. The summed E-state index contributed by atoms with van der Waals surface area (Å²) < 4.78 is 2.00. The van der Waals surface area contributed by atoms with Gasteiger partial charge in [0.05, 0.1) is 18.1 Å². The van der Waals surface area contributed by atoms with Crippen LogP contribution in [0.15, 0.2) is 42.9 Å². The van der Waals surface area contributed by atoms with E-state index < -0.39 is 6.04 Å². The second-order valence-corrected chi connectivity index (χ2v) is 5.97. The Morgan fingerprint density at radius 1 is 1.25 bits per heavy atom. The number of nitrogens with one attached hydrogen (secondary N) is 1. The van der Waals surface area contributed by atoms with Crippen molar-refractivity contribution in [2.24, 2.45) is 11.7 Å². The average Bonchev–Trinajstić information content (AvgIpc) is 2.92. The second-order valence-electron chi connectivity index (χ2n) is 5.97. The largest absolute Gasteiger partial charge is 0.354 e. The Morgan fingerprint density at radius 3 is 2.54 bits per heavy atom. The number of halogens is 2. The molecule has 7 heteroatoms. The minimum atomic E-state index is -0.557. The number of aromatic nitrogens is 2. The Balaban J connectivity index is 0.00000264. The van der Waals surface area contributed by atoms with Gasteiger partial charge in [-0.05, 0) is 11.5 Å². The highest BCUT2D eigenvalue weighted by Crippen LogP contribution is 2.05. The Kier molecular flexibility index (Phi) is 10.4. The summed E-state index contributed by atoms with van der Waals surface area (Å²) in [5.41, 5.74) is 7.99. The van der Waals surface area contributed by atoms with Gasteiger partial charge in [-0.15, -0.1) is 24.8 Å². The van der Waals surface area contributed by atoms with E-state index >= 15 is 0 Å². The molecule has 0 saturated carbocycles. The second kappa shape index (κ2) is 11.1. The van der Waals surface area contributed by atoms with Crippen LogP contribution >= 0.6 is 24.8 Å². The first-order chi connectivity index (χ1) is 10.5. The lowest BCUT2D eigenvalue weighted by Crippen LogP contribution is -2.43. The standard InChI is InChI=1S/C17H24N4O.2ClH/c1-13(2)9-19-17(22)16(18)8-15-11-21(12-20-15)10-14-6-4-3-5-7-14;;/h3-7,11-13,16H,8-10,18H2,1-2H3,(H,19,22);2*1H/t16-;;/m0../s1. The molecule has 0 saturated heterocycles. The molecule has 0 aliphatic heterocycles. The minimum absolute atomic E-state index is 0. The zero-order valence-corrected chi connectivity index (χ0v) is 15.6. The predicted octanol–water partition coefficient (Wildman–Crippen LogP) is 2.42. The van der Waals surface area contributed by atoms with Gasteiger partial charge in [0.1, 0.15) is 0 Å². The third kappa shape index (κ3) is 7.34. The van der Waals surface area contributed by atoms with Crippen molar-refractivity contribution in [3.05, 3.63) is 54.1 Å². The van der Waals surface area contributed by atoms with E-state index in [1.54, 1.807) is 6.33 Å². The fraction of sp³-hybridized carbons (Fsp3) is 0.412. The molecule has 1 atom stereocenters. The first-order valence-electron chi connectivity index (χ1n) is 7.62. The maximum atomic E-state index is 11.9. The summed E-state index contributed by atoms with van der Waals surface area (Å²) in [4.78, 5) is 16.2. The lowest BCUT2D eigenvalue weighted by atomic mass is 10.1. The zero-order valence-electron chi connectivity index (χ0n) is 14.0. The molecule has 0 aliphatic carbocycles.